The lowest BCUT2D eigenvalue weighted by atomic mass is 9.89. The predicted octanol–water partition coefficient (Wildman–Crippen LogP) is 6.47. The molecule has 139 heavy (non-hydrogen) atoms. The van der Waals surface area contributed by atoms with Crippen molar-refractivity contribution < 1.29 is 130 Å². The molecular formula is C97H135N15O27. The molecule has 0 aromatic heterocycles. The minimum atomic E-state index is -1.22. The molecule has 6 atom stereocenters. The van der Waals surface area contributed by atoms with E-state index in [9.17, 15) is 116 Å². The lowest BCUT2D eigenvalue weighted by molar-refractivity contribution is -0.155. The van der Waals surface area contributed by atoms with E-state index in [1.807, 2.05) is 0 Å². The Hall–Kier alpha value is -14.2. The van der Waals surface area contributed by atoms with Crippen LogP contribution in [0.25, 0.3) is 0 Å². The van der Waals surface area contributed by atoms with Crippen molar-refractivity contribution in [2.45, 2.75) is 243 Å². The Morgan fingerprint density at radius 2 is 0.647 bits per heavy atom. The number of Topliss-reactive ketones (excluding diaryl/α,β-unsaturated/α-hetero) is 3. The van der Waals surface area contributed by atoms with Crippen molar-refractivity contribution >= 4 is 147 Å². The molecule has 3 aromatic rings. The Morgan fingerprint density at radius 3 is 0.964 bits per heavy atom. The van der Waals surface area contributed by atoms with Gasteiger partial charge in [-0.2, -0.15) is 0 Å². The number of urea groups is 3. The van der Waals surface area contributed by atoms with Crippen LogP contribution >= 0.6 is 0 Å². The van der Waals surface area contributed by atoms with Gasteiger partial charge in [-0.05, 0) is 192 Å². The largest absolute Gasteiger partial charge is 0.481 e. The number of unbranched alkanes of at least 4 members (excludes halogenated alkanes) is 4. The molecule has 3 aliphatic heterocycles. The Morgan fingerprint density at radius 1 is 0.353 bits per heavy atom. The number of amides is 18. The molecule has 3 aliphatic rings. The van der Waals surface area contributed by atoms with E-state index >= 15 is 0 Å². The molecule has 760 valence electrons. The first-order valence-corrected chi connectivity index (χ1v) is 46.1. The molecule has 0 saturated heterocycles. The summed E-state index contributed by atoms with van der Waals surface area (Å²) in [5.41, 5.74) is 16.9. The number of rotatable bonds is 56. The number of nitrogens with one attached hydrogen (secondary N) is 9. The van der Waals surface area contributed by atoms with Crippen LogP contribution in [0.1, 0.15) is 221 Å². The number of benzene rings is 3. The molecule has 3 heterocycles. The van der Waals surface area contributed by atoms with Crippen LogP contribution in [0.4, 0.5) is 31.4 Å². The van der Waals surface area contributed by atoms with Gasteiger partial charge < -0.3 is 89.5 Å². The number of hydrogen-bond acceptors (Lipinski definition) is 26. The van der Waals surface area contributed by atoms with E-state index in [2.05, 4.69) is 47.9 Å². The number of carboxylic acids is 1. The maximum Gasteiger partial charge on any atom is 0.312 e. The average molecular weight is 1940 g/mol. The summed E-state index contributed by atoms with van der Waals surface area (Å²) in [7, 11) is 0. The van der Waals surface area contributed by atoms with E-state index in [0.717, 1.165) is 32.4 Å². The third kappa shape index (κ3) is 45.5. The zero-order valence-corrected chi connectivity index (χ0v) is 80.8. The lowest BCUT2D eigenvalue weighted by Crippen LogP contribution is -2.45. The van der Waals surface area contributed by atoms with Gasteiger partial charge in [0.05, 0.1) is 34.9 Å². The second-order valence-corrected chi connectivity index (χ2v) is 36.9. The number of nitrogens with two attached hydrogens (primary N) is 3. The van der Waals surface area contributed by atoms with Gasteiger partial charge in [0.1, 0.15) is 25.9 Å². The third-order valence-electron chi connectivity index (χ3n) is 21.6. The number of carboxylic acid groups (broad SMARTS) is 1. The minimum absolute atomic E-state index is 0.0535. The molecule has 42 nitrogen and oxygen atoms in total. The Kier molecular flexibility index (Phi) is 49.7. The monoisotopic (exact) mass is 1940 g/mol. The van der Waals surface area contributed by atoms with E-state index in [1.54, 1.807) is 149 Å². The number of ether oxygens (including phenoxy) is 3. The van der Waals surface area contributed by atoms with Gasteiger partial charge in [0, 0.05) is 155 Å². The molecule has 0 unspecified atom stereocenters. The van der Waals surface area contributed by atoms with Crippen molar-refractivity contribution in [2.75, 3.05) is 61.8 Å². The molecule has 0 aliphatic carbocycles. The van der Waals surface area contributed by atoms with Gasteiger partial charge in [0.2, 0.25) is 35.4 Å². The molecule has 0 saturated carbocycles. The van der Waals surface area contributed by atoms with Crippen molar-refractivity contribution in [1.29, 1.82) is 0 Å². The number of carbonyl (C=O) groups excluding carboxylic acids is 21. The minimum Gasteiger partial charge on any atom is -0.481 e. The van der Waals surface area contributed by atoms with Gasteiger partial charge in [0.25, 0.3) is 35.4 Å². The first-order valence-electron chi connectivity index (χ1n) is 46.1. The van der Waals surface area contributed by atoms with E-state index in [-0.39, 0.29) is 195 Å². The Labute approximate surface area is 807 Å². The fourth-order valence-corrected chi connectivity index (χ4v) is 13.5. The quantitative estimate of drug-likeness (QED) is 0.0125. The number of aliphatic hydroxyl groups excluding tert-OH is 1. The number of aliphatic hydroxyl groups is 1. The zero-order chi connectivity index (χ0) is 104. The van der Waals surface area contributed by atoms with Gasteiger partial charge in [-0.3, -0.25) is 106 Å². The molecule has 0 bridgehead atoms. The molecule has 3 aromatic carbocycles. The molecule has 0 radical (unpaired) electrons. The topological polar surface area (TPSA) is 640 Å². The van der Waals surface area contributed by atoms with Gasteiger partial charge in [-0.1, -0.05) is 63.1 Å². The van der Waals surface area contributed by atoms with Crippen LogP contribution < -0.4 is 65.1 Å². The van der Waals surface area contributed by atoms with Crippen molar-refractivity contribution in [1.82, 2.24) is 46.6 Å². The van der Waals surface area contributed by atoms with Crippen LogP contribution in [-0.4, -0.2) is 219 Å². The van der Waals surface area contributed by atoms with Crippen LogP contribution in [0, 0.1) is 39.9 Å². The number of ketones is 3. The number of esters is 3. The van der Waals surface area contributed by atoms with Crippen molar-refractivity contribution in [3.8, 4) is 0 Å². The highest BCUT2D eigenvalue weighted by molar-refractivity contribution is 6.14. The summed E-state index contributed by atoms with van der Waals surface area (Å²) in [6.45, 7) is 19.7. The number of nitrogens with zero attached hydrogens (tertiary/aromatic N) is 3. The number of aliphatic carboxylic acids is 1. The summed E-state index contributed by atoms with van der Waals surface area (Å²) in [6.07, 6.45) is 10.4. The standard InChI is InChI=1S/C33H45N3O9.C32H45N7O9.C32H45N5O9/c1-21(2)30(35-26(38)9-7-6-8-18-36-27(39)15-16-28(36)40)25(37)19-23(12-17-29(41)42)31(43)34-24-13-10-22(11-14-24)20-45-32(44)33(3,4)5;1-32(2,3)29(45)48-19-20-8-10-22(11-9-20)37-28(44)21(6-4-15-35-30(33)46)18-24(40)23(7-5-16-36-31(34)47)38-25(41)14-17-39-26(42)12-13-27(39)43;1-32(2,3)30(44)46-20-21-10-12-23(13-11-21)35-29(43)22(8-7-16-34-31(33)45)18-25(39)24(19-38)36-26(40)9-5-4-6-17-37-27(41)14-15-28(37)42/h10-11,13-16,21,23,30H,6-9,12,17-20H2,1-5H3,(H,34,43)(H,35,38)(H,41,42);8-13,21,23H,4-7,14-19H2,1-3H3,(H,37,44)(H,38,41)(H3,33,35,46)(H3,34,36,47);10-15,22,24,38H,4-9,16-20H2,1-3H3,(H,35,43)(H,36,40)(H3,33,34,45)/t23-,30+;21-,23+;22-,24+/m111/s1. The van der Waals surface area contributed by atoms with Gasteiger partial charge in [0.15, 0.2) is 17.3 Å². The Bertz CT molecular complexity index is 4860. The molecule has 18 amide bonds. The molecule has 17 N–H and O–H groups in total. The first kappa shape index (κ1) is 117. The normalized spacial score (nSPS) is 14.0. The molecule has 0 fully saturated rings. The summed E-state index contributed by atoms with van der Waals surface area (Å²) in [5.74, 6) is -11.8. The van der Waals surface area contributed by atoms with Gasteiger partial charge in [-0.25, -0.2) is 14.4 Å². The fourth-order valence-electron chi connectivity index (χ4n) is 13.5. The highest BCUT2D eigenvalue weighted by Crippen LogP contribution is 2.27. The maximum absolute atomic E-state index is 13.6. The summed E-state index contributed by atoms with van der Waals surface area (Å²) in [4.78, 5) is 272. The van der Waals surface area contributed by atoms with E-state index in [4.69, 9.17) is 31.4 Å². The predicted molar refractivity (Wildman–Crippen MR) is 506 cm³/mol. The Balaban J connectivity index is 0.000000435. The highest BCUT2D eigenvalue weighted by Gasteiger charge is 2.35. The lowest BCUT2D eigenvalue weighted by Gasteiger charge is -2.24. The van der Waals surface area contributed by atoms with Crippen LogP contribution in [-0.2, 0) is 125 Å². The smallest absolute Gasteiger partial charge is 0.312 e. The second-order valence-electron chi connectivity index (χ2n) is 36.9. The number of primary amides is 3. The highest BCUT2D eigenvalue weighted by atomic mass is 16.5. The number of imide groups is 3. The number of carbonyl (C=O) groups is 22. The van der Waals surface area contributed by atoms with E-state index in [0.29, 0.717) is 79.6 Å². The summed E-state index contributed by atoms with van der Waals surface area (Å²) in [6, 6.07) is 14.6. The van der Waals surface area contributed by atoms with Crippen LogP contribution in [0.3, 0.4) is 0 Å². The molecule has 6 rings (SSSR count). The molecular weight excluding hydrogens is 1810 g/mol. The van der Waals surface area contributed by atoms with Crippen LogP contribution in [0.2, 0.25) is 0 Å². The number of hydrogen-bond donors (Lipinski definition) is 14. The summed E-state index contributed by atoms with van der Waals surface area (Å²) >= 11 is 0. The second kappa shape index (κ2) is 59.0. The average Bonchev–Trinajstić information content (AvgIpc) is 1.75. The molecule has 42 heteroatoms. The van der Waals surface area contributed by atoms with Crippen LogP contribution in [0.5, 0.6) is 0 Å². The summed E-state index contributed by atoms with van der Waals surface area (Å²) < 4.78 is 15.9. The van der Waals surface area contributed by atoms with Crippen molar-refractivity contribution in [3.63, 3.8) is 0 Å². The SMILES string of the molecule is CC(C)(C)C(=O)OCc1ccc(NC(=O)[C@H](CCCNC(N)=O)CC(=O)[C@H](CCCNC(N)=O)NC(=O)CCN2C(=O)C=CC2=O)cc1.CC(C)(C)C(=O)OCc1ccc(NC(=O)[C@H](CCCNC(N)=O)CC(=O)[C@H](CO)NC(=O)CCCCCN2C(=O)C=CC2=O)cc1.CC(C)[C@H](NC(=O)CCCCCN1C(=O)C=CC1=O)C(=O)C[C@@H](CCC(=O)O)C(=O)Nc1ccc(COC(=O)C(C)(C)C)cc1. The summed E-state index contributed by atoms with van der Waals surface area (Å²) in [5, 5.41) is 42.5. The van der Waals surface area contributed by atoms with Crippen molar-refractivity contribution in [3.05, 3.63) is 126 Å². The van der Waals surface area contributed by atoms with Crippen LogP contribution in [0.15, 0.2) is 109 Å². The number of anilines is 3. The zero-order valence-electron chi connectivity index (χ0n) is 80.8. The third-order valence-corrected chi connectivity index (χ3v) is 21.6. The fraction of sp³-hybridized carbons (Fsp3) is 0.526. The first-order chi connectivity index (χ1) is 65.3. The van der Waals surface area contributed by atoms with E-state index < -0.39 is 136 Å². The van der Waals surface area contributed by atoms with Crippen molar-refractivity contribution in [2.24, 2.45) is 57.1 Å². The van der Waals surface area contributed by atoms with E-state index in [1.165, 1.54) is 24.3 Å². The van der Waals surface area contributed by atoms with Gasteiger partial charge in [-0.15, -0.1) is 0 Å². The maximum atomic E-state index is 13.6. The molecule has 0 spiro atoms. The van der Waals surface area contributed by atoms with Gasteiger partial charge >= 0.3 is 42.0 Å².